The number of carbonyl (C=O) groups is 1. The molecule has 1 N–H and O–H groups in total. The summed E-state index contributed by atoms with van der Waals surface area (Å²) in [7, 11) is 0. The van der Waals surface area contributed by atoms with Crippen molar-refractivity contribution in [3.8, 4) is 0 Å². The molecule has 4 nitrogen and oxygen atoms in total. The molecule has 0 aliphatic carbocycles. The maximum Gasteiger partial charge on any atom is 0.228 e. The molecule has 0 spiro atoms. The second kappa shape index (κ2) is 5.41. The van der Waals surface area contributed by atoms with Gasteiger partial charge in [0.05, 0.1) is 10.9 Å². The molecule has 88 valence electrons. The molecule has 1 saturated heterocycles. The lowest BCUT2D eigenvalue weighted by atomic mass is 10.0. The van der Waals surface area contributed by atoms with Gasteiger partial charge >= 0.3 is 0 Å². The van der Waals surface area contributed by atoms with E-state index in [0.29, 0.717) is 0 Å². The van der Waals surface area contributed by atoms with Gasteiger partial charge in [-0.2, -0.15) is 0 Å². The number of thiazole rings is 1. The molecule has 2 rings (SSSR count). The largest absolute Gasteiger partial charge is 0.342 e. The molecule has 1 aromatic heterocycles. The quantitative estimate of drug-likeness (QED) is 0.825. The van der Waals surface area contributed by atoms with Crippen molar-refractivity contribution in [2.75, 3.05) is 26.2 Å². The Labute approximate surface area is 99.7 Å². The van der Waals surface area contributed by atoms with E-state index in [2.05, 4.69) is 10.3 Å². The molecule has 1 fully saturated rings. The molecule has 0 unspecified atom stereocenters. The molecule has 1 amide bonds. The lowest BCUT2D eigenvalue weighted by molar-refractivity contribution is -0.136. The maximum atomic E-state index is 12.0. The zero-order valence-electron chi connectivity index (χ0n) is 9.48. The standard InChI is InChI=1S/C11H17N3OS/c1-2-14(11(15)9-7-12-8-9)5-3-10-13-4-6-16-10/h4,6,9,12H,2-3,5,7-8H2,1H3. The minimum Gasteiger partial charge on any atom is -0.342 e. The fourth-order valence-corrected chi connectivity index (χ4v) is 2.36. The Morgan fingerprint density at radius 1 is 1.69 bits per heavy atom. The van der Waals surface area contributed by atoms with E-state index in [1.807, 2.05) is 23.4 Å². The van der Waals surface area contributed by atoms with Crippen LogP contribution in [0.25, 0.3) is 0 Å². The molecule has 16 heavy (non-hydrogen) atoms. The van der Waals surface area contributed by atoms with Crippen molar-refractivity contribution in [3.63, 3.8) is 0 Å². The Morgan fingerprint density at radius 2 is 2.50 bits per heavy atom. The van der Waals surface area contributed by atoms with E-state index < -0.39 is 0 Å². The van der Waals surface area contributed by atoms with Crippen molar-refractivity contribution in [1.82, 2.24) is 15.2 Å². The van der Waals surface area contributed by atoms with Gasteiger partial charge in [0.2, 0.25) is 5.91 Å². The van der Waals surface area contributed by atoms with Crippen molar-refractivity contribution in [3.05, 3.63) is 16.6 Å². The van der Waals surface area contributed by atoms with Crippen LogP contribution in [0.2, 0.25) is 0 Å². The molecular weight excluding hydrogens is 222 g/mol. The third-order valence-corrected chi connectivity index (χ3v) is 3.74. The highest BCUT2D eigenvalue weighted by Crippen LogP contribution is 2.10. The van der Waals surface area contributed by atoms with Crippen LogP contribution < -0.4 is 5.32 Å². The molecule has 0 radical (unpaired) electrons. The molecule has 1 aromatic rings. The van der Waals surface area contributed by atoms with Crippen LogP contribution in [0.4, 0.5) is 0 Å². The van der Waals surface area contributed by atoms with E-state index in [-0.39, 0.29) is 11.8 Å². The summed E-state index contributed by atoms with van der Waals surface area (Å²) in [4.78, 5) is 18.2. The van der Waals surface area contributed by atoms with Crippen molar-refractivity contribution >= 4 is 17.2 Å². The van der Waals surface area contributed by atoms with E-state index >= 15 is 0 Å². The summed E-state index contributed by atoms with van der Waals surface area (Å²) in [5.41, 5.74) is 0. The third kappa shape index (κ3) is 2.59. The van der Waals surface area contributed by atoms with E-state index in [1.165, 1.54) is 0 Å². The summed E-state index contributed by atoms with van der Waals surface area (Å²) >= 11 is 1.65. The number of carbonyl (C=O) groups excluding carboxylic acids is 1. The first kappa shape index (κ1) is 11.5. The number of hydrogen-bond acceptors (Lipinski definition) is 4. The summed E-state index contributed by atoms with van der Waals surface area (Å²) in [6, 6.07) is 0. The van der Waals surface area contributed by atoms with Crippen LogP contribution in [-0.2, 0) is 11.2 Å². The highest BCUT2D eigenvalue weighted by molar-refractivity contribution is 7.09. The van der Waals surface area contributed by atoms with Crippen molar-refractivity contribution in [2.24, 2.45) is 5.92 Å². The zero-order valence-corrected chi connectivity index (χ0v) is 10.3. The average molecular weight is 239 g/mol. The first-order valence-electron chi connectivity index (χ1n) is 5.69. The lowest BCUT2D eigenvalue weighted by Gasteiger charge is -2.31. The van der Waals surface area contributed by atoms with Gasteiger partial charge in [0.15, 0.2) is 0 Å². The predicted octanol–water partition coefficient (Wildman–Crippen LogP) is 0.754. The number of amides is 1. The van der Waals surface area contributed by atoms with Crippen LogP contribution in [0, 0.1) is 5.92 Å². The molecule has 0 saturated carbocycles. The monoisotopic (exact) mass is 239 g/mol. The average Bonchev–Trinajstić information content (AvgIpc) is 2.68. The Kier molecular flexibility index (Phi) is 3.90. The highest BCUT2D eigenvalue weighted by Gasteiger charge is 2.28. The second-order valence-corrected chi connectivity index (χ2v) is 4.93. The van der Waals surface area contributed by atoms with Gasteiger partial charge in [-0.3, -0.25) is 4.79 Å². The Hall–Kier alpha value is -0.940. The minimum absolute atomic E-state index is 0.205. The summed E-state index contributed by atoms with van der Waals surface area (Å²) in [6.07, 6.45) is 2.69. The first-order chi connectivity index (χ1) is 7.81. The Bertz CT molecular complexity index is 335. The Morgan fingerprint density at radius 3 is 3.00 bits per heavy atom. The van der Waals surface area contributed by atoms with Gasteiger partial charge in [-0.1, -0.05) is 0 Å². The molecule has 1 aliphatic heterocycles. The van der Waals surface area contributed by atoms with E-state index in [1.54, 1.807) is 11.3 Å². The van der Waals surface area contributed by atoms with Crippen molar-refractivity contribution < 1.29 is 4.79 Å². The van der Waals surface area contributed by atoms with Crippen molar-refractivity contribution in [1.29, 1.82) is 0 Å². The minimum atomic E-state index is 0.205. The van der Waals surface area contributed by atoms with Gasteiger partial charge in [-0.05, 0) is 6.92 Å². The number of nitrogens with zero attached hydrogens (tertiary/aromatic N) is 2. The van der Waals surface area contributed by atoms with Crippen LogP contribution in [0.3, 0.4) is 0 Å². The normalized spacial score (nSPS) is 15.8. The molecule has 2 heterocycles. The fourth-order valence-electron chi connectivity index (χ4n) is 1.75. The molecule has 0 aromatic carbocycles. The number of nitrogens with one attached hydrogen (secondary N) is 1. The summed E-state index contributed by atoms with van der Waals surface area (Å²) in [6.45, 7) is 5.30. The van der Waals surface area contributed by atoms with Gasteiger partial charge in [0, 0.05) is 44.2 Å². The summed E-state index contributed by atoms with van der Waals surface area (Å²) < 4.78 is 0. The van der Waals surface area contributed by atoms with Crippen molar-refractivity contribution in [2.45, 2.75) is 13.3 Å². The molecule has 0 bridgehead atoms. The lowest BCUT2D eigenvalue weighted by Crippen LogP contribution is -2.52. The Balaban J connectivity index is 1.82. The van der Waals surface area contributed by atoms with E-state index in [4.69, 9.17) is 0 Å². The molecular formula is C11H17N3OS. The number of rotatable bonds is 5. The van der Waals surface area contributed by atoms with Crippen LogP contribution in [0.5, 0.6) is 0 Å². The van der Waals surface area contributed by atoms with Gasteiger partial charge in [0.1, 0.15) is 0 Å². The fraction of sp³-hybridized carbons (Fsp3) is 0.636. The first-order valence-corrected chi connectivity index (χ1v) is 6.57. The van der Waals surface area contributed by atoms with Crippen LogP contribution in [0.1, 0.15) is 11.9 Å². The van der Waals surface area contributed by atoms with Gasteiger partial charge in [-0.25, -0.2) is 4.98 Å². The number of aromatic nitrogens is 1. The SMILES string of the molecule is CCN(CCc1nccs1)C(=O)C1CNC1. The second-order valence-electron chi connectivity index (χ2n) is 3.95. The molecule has 0 atom stereocenters. The van der Waals surface area contributed by atoms with Gasteiger partial charge < -0.3 is 10.2 Å². The van der Waals surface area contributed by atoms with Crippen LogP contribution in [0.15, 0.2) is 11.6 Å². The van der Waals surface area contributed by atoms with E-state index in [0.717, 1.165) is 37.6 Å². The summed E-state index contributed by atoms with van der Waals surface area (Å²) in [5, 5.41) is 6.22. The smallest absolute Gasteiger partial charge is 0.228 e. The zero-order chi connectivity index (χ0) is 11.4. The highest BCUT2D eigenvalue weighted by atomic mass is 32.1. The van der Waals surface area contributed by atoms with E-state index in [9.17, 15) is 4.79 Å². The van der Waals surface area contributed by atoms with Crippen LogP contribution in [-0.4, -0.2) is 42.0 Å². The third-order valence-electron chi connectivity index (χ3n) is 2.90. The van der Waals surface area contributed by atoms with Gasteiger partial charge in [0.25, 0.3) is 0 Å². The predicted molar refractivity (Wildman–Crippen MR) is 64.4 cm³/mol. The number of likely N-dealkylation sites (N-methyl/N-ethyl adjacent to an activating group) is 1. The topological polar surface area (TPSA) is 45.2 Å². The van der Waals surface area contributed by atoms with Crippen LogP contribution >= 0.6 is 11.3 Å². The maximum absolute atomic E-state index is 12.0. The summed E-state index contributed by atoms with van der Waals surface area (Å²) in [5.74, 6) is 0.494. The number of hydrogen-bond donors (Lipinski definition) is 1. The molecule has 5 heteroatoms. The van der Waals surface area contributed by atoms with Gasteiger partial charge in [-0.15, -0.1) is 11.3 Å². The molecule has 1 aliphatic rings.